The highest BCUT2D eigenvalue weighted by molar-refractivity contribution is 7.39. The number of fused-ring (bicyclic) bond motifs is 1. The fourth-order valence-electron chi connectivity index (χ4n) is 3.13. The first-order chi connectivity index (χ1) is 13.3. The predicted octanol–water partition coefficient (Wildman–Crippen LogP) is -0.0240. The molecule has 11 nitrogen and oxygen atoms in total. The van der Waals surface area contributed by atoms with Crippen LogP contribution in [0.25, 0.3) is 11.2 Å². The Hall–Kier alpha value is -1.62. The summed E-state index contributed by atoms with van der Waals surface area (Å²) in [5, 5.41) is 19.1. The molecular formula is C16H29N6O5P. The molecule has 0 saturated carbocycles. The van der Waals surface area contributed by atoms with Gasteiger partial charge in [-0.2, -0.15) is 0 Å². The molecule has 2 aromatic heterocycles. The predicted molar refractivity (Wildman–Crippen MR) is 105 cm³/mol. The minimum atomic E-state index is -3.29. The molecule has 4 atom stereocenters. The number of aromatic nitrogens is 4. The molecule has 2 aromatic rings. The lowest BCUT2D eigenvalue weighted by molar-refractivity contribution is -0.0693. The van der Waals surface area contributed by atoms with E-state index in [9.17, 15) is 19.7 Å². The van der Waals surface area contributed by atoms with Gasteiger partial charge in [0.15, 0.2) is 11.5 Å². The van der Waals surface area contributed by atoms with Crippen LogP contribution in [0.3, 0.4) is 0 Å². The number of nitrogens with two attached hydrogens (primary N) is 1. The van der Waals surface area contributed by atoms with E-state index in [-0.39, 0.29) is 23.4 Å². The Balaban J connectivity index is 0.000000345. The van der Waals surface area contributed by atoms with E-state index >= 15 is 0 Å². The maximum atomic E-state index is 11.9. The van der Waals surface area contributed by atoms with Crippen LogP contribution in [-0.4, -0.2) is 78.0 Å². The van der Waals surface area contributed by atoms with E-state index < -0.39 is 32.3 Å². The standard InChI is InChI=1S/C10H14N5O5P.C6H15N/c11-8-7-9(13-3-12-8)15(4-14-7)10(21(18)19)1-5(17)6(2-16)20-10;1-4-7(5-2)6-3/h3-6,16-17,21H,1-2H2,(H,18,19)(H2,11,12,13);4-6H2,1-3H3/t5-,6+,10-;/m0./s1. The Morgan fingerprint density at radius 2 is 1.96 bits per heavy atom. The van der Waals surface area contributed by atoms with Crippen molar-refractivity contribution in [3.8, 4) is 0 Å². The van der Waals surface area contributed by atoms with Gasteiger partial charge in [-0.1, -0.05) is 20.8 Å². The summed E-state index contributed by atoms with van der Waals surface area (Å²) in [5.74, 6) is 0.128. The molecule has 3 rings (SSSR count). The maximum absolute atomic E-state index is 11.9. The van der Waals surface area contributed by atoms with Gasteiger partial charge < -0.3 is 30.5 Å². The molecular weight excluding hydrogens is 387 g/mol. The summed E-state index contributed by atoms with van der Waals surface area (Å²) < 4.78 is 18.6. The third-order valence-corrected chi connectivity index (χ3v) is 6.10. The number of ether oxygens (including phenoxy) is 1. The molecule has 1 unspecified atom stereocenters. The van der Waals surface area contributed by atoms with Crippen molar-refractivity contribution in [2.45, 2.75) is 44.9 Å². The topological polar surface area (TPSA) is 160 Å². The molecule has 28 heavy (non-hydrogen) atoms. The number of imidazole rings is 1. The molecule has 0 amide bonds. The van der Waals surface area contributed by atoms with E-state index in [1.807, 2.05) is 0 Å². The zero-order valence-corrected chi connectivity index (χ0v) is 17.3. The molecule has 1 saturated heterocycles. The highest BCUT2D eigenvalue weighted by Gasteiger charge is 2.52. The summed E-state index contributed by atoms with van der Waals surface area (Å²) >= 11 is 0. The van der Waals surface area contributed by atoms with Gasteiger partial charge in [0.1, 0.15) is 24.3 Å². The van der Waals surface area contributed by atoms with Crippen molar-refractivity contribution in [1.29, 1.82) is 0 Å². The van der Waals surface area contributed by atoms with Crippen molar-refractivity contribution in [2.75, 3.05) is 32.0 Å². The van der Waals surface area contributed by atoms with Crippen LogP contribution in [0.5, 0.6) is 0 Å². The highest BCUT2D eigenvalue weighted by atomic mass is 31.1. The van der Waals surface area contributed by atoms with E-state index in [0.717, 1.165) is 0 Å². The number of hydrogen-bond donors (Lipinski definition) is 4. The van der Waals surface area contributed by atoms with Crippen molar-refractivity contribution >= 4 is 25.0 Å². The zero-order valence-electron chi connectivity index (χ0n) is 16.3. The summed E-state index contributed by atoms with van der Waals surface area (Å²) in [6, 6.07) is 0. The summed E-state index contributed by atoms with van der Waals surface area (Å²) in [5.41, 5.74) is 4.46. The van der Waals surface area contributed by atoms with Crippen molar-refractivity contribution in [3.05, 3.63) is 12.7 Å². The molecule has 3 heterocycles. The third-order valence-electron chi connectivity index (χ3n) is 4.87. The van der Waals surface area contributed by atoms with Gasteiger partial charge in [-0.05, 0) is 19.6 Å². The first kappa shape index (κ1) is 22.7. The van der Waals surface area contributed by atoms with Crippen molar-refractivity contribution in [3.63, 3.8) is 0 Å². The van der Waals surface area contributed by atoms with Gasteiger partial charge in [0.2, 0.25) is 13.5 Å². The van der Waals surface area contributed by atoms with Gasteiger partial charge in [0.25, 0.3) is 0 Å². The molecule has 0 radical (unpaired) electrons. The Kier molecular flexibility index (Phi) is 7.87. The summed E-state index contributed by atoms with van der Waals surface area (Å²) in [7, 11) is -3.29. The number of nitrogen functional groups attached to an aromatic ring is 1. The van der Waals surface area contributed by atoms with Gasteiger partial charge in [-0.3, -0.25) is 9.13 Å². The number of hydrogen-bond acceptors (Lipinski definition) is 9. The molecule has 0 aliphatic carbocycles. The smallest absolute Gasteiger partial charge is 0.240 e. The SMILES string of the molecule is CCN(CC)CC.Nc1ncnc2c1ncn2[C@@]1([PH](=O)O)C[C@H](O)[C@@H](CO)O1. The fourth-order valence-corrected chi connectivity index (χ4v) is 4.14. The average Bonchev–Trinajstić information content (AvgIpc) is 3.26. The lowest BCUT2D eigenvalue weighted by Crippen LogP contribution is -2.30. The van der Waals surface area contributed by atoms with Crippen LogP contribution in [0.15, 0.2) is 12.7 Å². The van der Waals surface area contributed by atoms with Crippen LogP contribution in [0, 0.1) is 0 Å². The van der Waals surface area contributed by atoms with Crippen LogP contribution in [-0.2, 0) is 14.8 Å². The van der Waals surface area contributed by atoms with Crippen LogP contribution in [0.4, 0.5) is 5.82 Å². The van der Waals surface area contributed by atoms with Gasteiger partial charge in [-0.25, -0.2) is 15.0 Å². The molecule has 12 heteroatoms. The highest BCUT2D eigenvalue weighted by Crippen LogP contribution is 2.51. The number of aliphatic hydroxyl groups excluding tert-OH is 2. The molecule has 1 aliphatic heterocycles. The number of nitrogens with zero attached hydrogens (tertiary/aromatic N) is 5. The molecule has 0 bridgehead atoms. The minimum Gasteiger partial charge on any atom is -0.394 e. The van der Waals surface area contributed by atoms with E-state index in [4.69, 9.17) is 10.5 Å². The van der Waals surface area contributed by atoms with Gasteiger partial charge >= 0.3 is 0 Å². The second-order valence-electron chi connectivity index (χ2n) is 6.37. The molecule has 1 fully saturated rings. The van der Waals surface area contributed by atoms with Crippen LogP contribution in [0.2, 0.25) is 0 Å². The van der Waals surface area contributed by atoms with E-state index in [1.165, 1.54) is 36.9 Å². The van der Waals surface area contributed by atoms with Crippen molar-refractivity contribution < 1.29 is 24.4 Å². The second-order valence-corrected chi connectivity index (χ2v) is 7.76. The fraction of sp³-hybridized carbons (Fsp3) is 0.688. The Morgan fingerprint density at radius 3 is 2.43 bits per heavy atom. The largest absolute Gasteiger partial charge is 0.394 e. The normalized spacial score (nSPS) is 25.7. The second kappa shape index (κ2) is 9.73. The summed E-state index contributed by atoms with van der Waals surface area (Å²) in [6.07, 6.45) is 0.270. The van der Waals surface area contributed by atoms with E-state index in [2.05, 4.69) is 40.6 Å². The van der Waals surface area contributed by atoms with E-state index in [1.54, 1.807) is 0 Å². The monoisotopic (exact) mass is 416 g/mol. The van der Waals surface area contributed by atoms with Gasteiger partial charge in [0, 0.05) is 6.42 Å². The summed E-state index contributed by atoms with van der Waals surface area (Å²) in [6.45, 7) is 9.65. The third kappa shape index (κ3) is 4.35. The average molecular weight is 416 g/mol. The van der Waals surface area contributed by atoms with Crippen molar-refractivity contribution in [1.82, 2.24) is 24.4 Å². The molecule has 0 spiro atoms. The number of rotatable bonds is 6. The van der Waals surface area contributed by atoms with Crippen LogP contribution < -0.4 is 5.73 Å². The van der Waals surface area contributed by atoms with Gasteiger partial charge in [0.05, 0.1) is 12.7 Å². The summed E-state index contributed by atoms with van der Waals surface area (Å²) in [4.78, 5) is 23.9. The van der Waals surface area contributed by atoms with Gasteiger partial charge in [-0.15, -0.1) is 0 Å². The van der Waals surface area contributed by atoms with Crippen LogP contribution in [0.1, 0.15) is 27.2 Å². The Bertz CT molecular complexity index is 795. The molecule has 5 N–H and O–H groups in total. The Labute approximate surface area is 164 Å². The maximum Gasteiger partial charge on any atom is 0.240 e. The van der Waals surface area contributed by atoms with E-state index in [0.29, 0.717) is 0 Å². The zero-order chi connectivity index (χ0) is 20.9. The lowest BCUT2D eigenvalue weighted by Gasteiger charge is -2.27. The molecule has 158 valence electrons. The molecule has 0 aromatic carbocycles. The number of aliphatic hydroxyl groups is 2. The quantitative estimate of drug-likeness (QED) is 0.471. The van der Waals surface area contributed by atoms with Crippen LogP contribution >= 0.6 is 8.03 Å². The lowest BCUT2D eigenvalue weighted by atomic mass is 10.2. The number of anilines is 1. The first-order valence-electron chi connectivity index (χ1n) is 9.20. The minimum absolute atomic E-state index is 0.128. The van der Waals surface area contributed by atoms with Crippen molar-refractivity contribution in [2.24, 2.45) is 0 Å². The first-order valence-corrected chi connectivity index (χ1v) is 10.6. The Morgan fingerprint density at radius 1 is 1.32 bits per heavy atom. The molecule has 1 aliphatic rings.